The first-order valence-electron chi connectivity index (χ1n) is 10.0. The number of hydrogen-bond donors (Lipinski definition) is 1. The largest absolute Gasteiger partial charge is 0.460 e. The van der Waals surface area contributed by atoms with Crippen LogP contribution in [-0.4, -0.2) is 35.2 Å². The molecule has 0 aliphatic heterocycles. The van der Waals surface area contributed by atoms with E-state index < -0.39 is 5.97 Å². The molecular weight excluding hydrogens is 414 g/mol. The summed E-state index contributed by atoms with van der Waals surface area (Å²) in [6.07, 6.45) is 1.07. The van der Waals surface area contributed by atoms with E-state index in [4.69, 9.17) is 9.26 Å². The van der Waals surface area contributed by atoms with Crippen LogP contribution in [0.3, 0.4) is 0 Å². The Morgan fingerprint density at radius 1 is 1.10 bits per heavy atom. The van der Waals surface area contributed by atoms with Gasteiger partial charge in [0, 0.05) is 18.2 Å². The third-order valence-electron chi connectivity index (χ3n) is 4.45. The van der Waals surface area contributed by atoms with Crippen LogP contribution in [0.25, 0.3) is 0 Å². The summed E-state index contributed by atoms with van der Waals surface area (Å²) in [5, 5.41) is 6.64. The first kappa shape index (κ1) is 22.6. The van der Waals surface area contributed by atoms with Gasteiger partial charge in [-0.2, -0.15) is 4.98 Å². The van der Waals surface area contributed by atoms with Crippen LogP contribution in [0, 0.1) is 13.8 Å². The van der Waals surface area contributed by atoms with Gasteiger partial charge in [-0.15, -0.1) is 11.8 Å². The third-order valence-corrected chi connectivity index (χ3v) is 5.52. The first-order chi connectivity index (χ1) is 15.0. The number of carbonyl (C=O) groups is 2. The van der Waals surface area contributed by atoms with Gasteiger partial charge in [0.15, 0.2) is 5.82 Å². The van der Waals surface area contributed by atoms with E-state index in [2.05, 4.69) is 15.5 Å². The minimum Gasteiger partial charge on any atom is -0.460 e. The lowest BCUT2D eigenvalue weighted by atomic mass is 10.1. The van der Waals surface area contributed by atoms with E-state index >= 15 is 0 Å². The number of benzene rings is 2. The fourth-order valence-corrected chi connectivity index (χ4v) is 3.70. The van der Waals surface area contributed by atoms with E-state index in [9.17, 15) is 9.59 Å². The van der Waals surface area contributed by atoms with Crippen molar-refractivity contribution in [2.75, 3.05) is 13.2 Å². The van der Waals surface area contributed by atoms with Gasteiger partial charge in [0.1, 0.15) is 6.61 Å². The molecular formula is C23H25N3O4S. The summed E-state index contributed by atoms with van der Waals surface area (Å²) in [4.78, 5) is 29.4. The van der Waals surface area contributed by atoms with Crippen LogP contribution in [0.5, 0.6) is 0 Å². The Morgan fingerprint density at radius 3 is 2.61 bits per heavy atom. The molecule has 2 aromatic carbocycles. The van der Waals surface area contributed by atoms with Gasteiger partial charge in [-0.3, -0.25) is 4.79 Å². The number of carbonyl (C=O) groups excluding carboxylic acids is 2. The van der Waals surface area contributed by atoms with Crippen LogP contribution in [0.15, 0.2) is 57.9 Å². The van der Waals surface area contributed by atoms with Gasteiger partial charge in [-0.05, 0) is 31.0 Å². The zero-order valence-electron chi connectivity index (χ0n) is 17.6. The van der Waals surface area contributed by atoms with E-state index in [1.807, 2.05) is 43.3 Å². The molecule has 162 valence electrons. The SMILES string of the molecule is Cc1ccc(CCC(=O)NCCOC(=O)c2ccccc2SCc2noc(C)n2)cc1. The van der Waals surface area contributed by atoms with Crippen molar-refractivity contribution in [2.45, 2.75) is 37.3 Å². The molecule has 0 saturated heterocycles. The van der Waals surface area contributed by atoms with Gasteiger partial charge in [-0.25, -0.2) is 4.79 Å². The molecule has 0 bridgehead atoms. The Bertz CT molecular complexity index is 1020. The normalized spacial score (nSPS) is 10.6. The number of nitrogens with one attached hydrogen (secondary N) is 1. The number of amides is 1. The molecule has 0 unspecified atom stereocenters. The predicted octanol–water partition coefficient (Wildman–Crippen LogP) is 3.88. The summed E-state index contributed by atoms with van der Waals surface area (Å²) in [5.41, 5.74) is 2.79. The Hall–Kier alpha value is -3.13. The summed E-state index contributed by atoms with van der Waals surface area (Å²) in [5.74, 6) is 1.06. The minimum absolute atomic E-state index is 0.0667. The van der Waals surface area contributed by atoms with Gasteiger partial charge in [0.2, 0.25) is 11.8 Å². The van der Waals surface area contributed by atoms with Crippen LogP contribution >= 0.6 is 11.8 Å². The van der Waals surface area contributed by atoms with Crippen molar-refractivity contribution in [1.82, 2.24) is 15.5 Å². The highest BCUT2D eigenvalue weighted by Gasteiger charge is 2.14. The zero-order valence-corrected chi connectivity index (χ0v) is 18.4. The second-order valence-corrected chi connectivity index (χ2v) is 8.00. The van der Waals surface area contributed by atoms with Crippen LogP contribution in [0.1, 0.15) is 39.6 Å². The monoisotopic (exact) mass is 439 g/mol. The Balaban J connectivity index is 1.40. The number of thioether (sulfide) groups is 1. The fourth-order valence-electron chi connectivity index (χ4n) is 2.82. The smallest absolute Gasteiger partial charge is 0.339 e. The van der Waals surface area contributed by atoms with Gasteiger partial charge >= 0.3 is 5.97 Å². The van der Waals surface area contributed by atoms with Crippen molar-refractivity contribution in [3.63, 3.8) is 0 Å². The summed E-state index contributed by atoms with van der Waals surface area (Å²) >= 11 is 1.44. The van der Waals surface area contributed by atoms with Crippen molar-refractivity contribution >= 4 is 23.6 Å². The Kier molecular flexibility index (Phi) is 8.23. The molecule has 0 radical (unpaired) electrons. The topological polar surface area (TPSA) is 94.3 Å². The molecule has 3 rings (SSSR count). The minimum atomic E-state index is -0.429. The summed E-state index contributed by atoms with van der Waals surface area (Å²) in [6.45, 7) is 4.14. The number of aryl methyl sites for hydroxylation is 3. The lowest BCUT2D eigenvalue weighted by Gasteiger charge is -2.09. The number of nitrogens with zero attached hydrogens (tertiary/aromatic N) is 2. The van der Waals surface area contributed by atoms with Crippen molar-refractivity contribution in [1.29, 1.82) is 0 Å². The molecule has 31 heavy (non-hydrogen) atoms. The number of esters is 1. The average molecular weight is 440 g/mol. The maximum atomic E-state index is 12.5. The van der Waals surface area contributed by atoms with Crippen molar-refractivity contribution in [3.8, 4) is 0 Å². The van der Waals surface area contributed by atoms with Crippen LogP contribution in [-0.2, 0) is 21.7 Å². The lowest BCUT2D eigenvalue weighted by Crippen LogP contribution is -2.28. The van der Waals surface area contributed by atoms with Crippen molar-refractivity contribution < 1.29 is 18.8 Å². The predicted molar refractivity (Wildman–Crippen MR) is 118 cm³/mol. The number of rotatable bonds is 10. The molecule has 0 aliphatic carbocycles. The molecule has 0 saturated carbocycles. The number of ether oxygens (including phenoxy) is 1. The molecule has 0 fully saturated rings. The van der Waals surface area contributed by atoms with E-state index in [-0.39, 0.29) is 19.1 Å². The van der Waals surface area contributed by atoms with Crippen LogP contribution in [0.2, 0.25) is 0 Å². The Labute approximate surface area is 185 Å². The highest BCUT2D eigenvalue weighted by molar-refractivity contribution is 7.98. The maximum absolute atomic E-state index is 12.5. The summed E-state index contributed by atoms with van der Waals surface area (Å²) in [6, 6.07) is 15.3. The highest BCUT2D eigenvalue weighted by atomic mass is 32.2. The molecule has 0 spiro atoms. The van der Waals surface area contributed by atoms with Gasteiger partial charge < -0.3 is 14.6 Å². The van der Waals surface area contributed by atoms with Gasteiger partial charge in [0.05, 0.1) is 17.9 Å². The Morgan fingerprint density at radius 2 is 1.87 bits per heavy atom. The fraction of sp³-hybridized carbons (Fsp3) is 0.304. The molecule has 1 amide bonds. The van der Waals surface area contributed by atoms with Crippen LogP contribution in [0.4, 0.5) is 0 Å². The molecule has 0 aliphatic rings. The number of hydrogen-bond acceptors (Lipinski definition) is 7. The quantitative estimate of drug-likeness (QED) is 0.291. The molecule has 1 heterocycles. The highest BCUT2D eigenvalue weighted by Crippen LogP contribution is 2.26. The van der Waals surface area contributed by atoms with Crippen LogP contribution < -0.4 is 5.32 Å². The molecule has 8 heteroatoms. The molecule has 0 atom stereocenters. The molecule has 1 N–H and O–H groups in total. The molecule has 7 nitrogen and oxygen atoms in total. The van der Waals surface area contributed by atoms with Gasteiger partial charge in [-0.1, -0.05) is 47.1 Å². The standard InChI is InChI=1S/C23H25N3O4S/c1-16-7-9-18(10-8-16)11-12-22(27)24-13-14-29-23(28)19-5-3-4-6-20(19)31-15-21-25-17(2)30-26-21/h3-10H,11-15H2,1-2H3,(H,24,27). The third kappa shape index (κ3) is 7.25. The van der Waals surface area contributed by atoms with E-state index in [1.54, 1.807) is 19.1 Å². The van der Waals surface area contributed by atoms with Crippen molar-refractivity contribution in [2.24, 2.45) is 0 Å². The summed E-state index contributed by atoms with van der Waals surface area (Å²) < 4.78 is 10.3. The van der Waals surface area contributed by atoms with Gasteiger partial charge in [0.25, 0.3) is 0 Å². The van der Waals surface area contributed by atoms with Crippen molar-refractivity contribution in [3.05, 3.63) is 76.9 Å². The second-order valence-electron chi connectivity index (χ2n) is 6.99. The first-order valence-corrected chi connectivity index (χ1v) is 11.0. The zero-order chi connectivity index (χ0) is 22.1. The summed E-state index contributed by atoms with van der Waals surface area (Å²) in [7, 11) is 0. The maximum Gasteiger partial charge on any atom is 0.339 e. The van der Waals surface area contributed by atoms with E-state index in [0.717, 1.165) is 10.5 Å². The number of aromatic nitrogens is 2. The molecule has 3 aromatic rings. The van der Waals surface area contributed by atoms with E-state index in [0.29, 0.717) is 35.9 Å². The molecule has 1 aromatic heterocycles. The second kappa shape index (κ2) is 11.3. The average Bonchev–Trinajstić information content (AvgIpc) is 3.20. The van der Waals surface area contributed by atoms with E-state index in [1.165, 1.54) is 17.3 Å². The lowest BCUT2D eigenvalue weighted by molar-refractivity contribution is -0.121.